The number of hydrogen-bond donors (Lipinski definition) is 2. The fourth-order valence-electron chi connectivity index (χ4n) is 4.47. The molecule has 6 nitrogen and oxygen atoms in total. The quantitative estimate of drug-likeness (QED) is 0.775. The number of nitrogens with zero attached hydrogens (tertiary/aromatic N) is 3. The summed E-state index contributed by atoms with van der Waals surface area (Å²) in [4.78, 5) is 17.1. The molecule has 3 atom stereocenters. The summed E-state index contributed by atoms with van der Waals surface area (Å²) < 4.78 is 0. The summed E-state index contributed by atoms with van der Waals surface area (Å²) in [6, 6.07) is 11.4. The van der Waals surface area contributed by atoms with Gasteiger partial charge in [-0.2, -0.15) is 5.26 Å². The lowest BCUT2D eigenvalue weighted by molar-refractivity contribution is -0.125. The lowest BCUT2D eigenvalue weighted by Crippen LogP contribution is -2.44. The minimum absolute atomic E-state index is 0.0174. The third-order valence-electron chi connectivity index (χ3n) is 5.92. The maximum atomic E-state index is 12.3. The monoisotopic (exact) mass is 353 g/mol. The average molecular weight is 353 g/mol. The highest BCUT2D eigenvalue weighted by Crippen LogP contribution is 2.47. The van der Waals surface area contributed by atoms with E-state index in [1.807, 2.05) is 6.07 Å². The molecular formula is C20H27N5O. The van der Waals surface area contributed by atoms with Crippen molar-refractivity contribution in [3.8, 4) is 6.07 Å². The zero-order chi connectivity index (χ0) is 17.9. The van der Waals surface area contributed by atoms with Crippen LogP contribution in [0.5, 0.6) is 0 Å². The molecule has 2 aliphatic heterocycles. The largest absolute Gasteiger partial charge is 0.369 e. The highest BCUT2D eigenvalue weighted by atomic mass is 16.2. The van der Waals surface area contributed by atoms with Gasteiger partial charge in [0.05, 0.1) is 12.1 Å². The van der Waals surface area contributed by atoms with Crippen LogP contribution in [0.1, 0.15) is 30.7 Å². The smallest absolute Gasteiger partial charge is 0.238 e. The number of rotatable bonds is 5. The molecule has 1 aliphatic carbocycles. The molecule has 2 heterocycles. The van der Waals surface area contributed by atoms with Crippen LogP contribution in [-0.2, 0) is 4.79 Å². The number of anilines is 1. The summed E-state index contributed by atoms with van der Waals surface area (Å²) in [5.41, 5.74) is 2.69. The molecule has 3 aliphatic rings. The van der Waals surface area contributed by atoms with Crippen LogP contribution in [0.2, 0.25) is 0 Å². The molecule has 2 unspecified atom stereocenters. The van der Waals surface area contributed by atoms with E-state index in [0.29, 0.717) is 12.0 Å². The molecule has 1 saturated carbocycles. The van der Waals surface area contributed by atoms with Gasteiger partial charge in [-0.25, -0.2) is 0 Å². The van der Waals surface area contributed by atoms with Gasteiger partial charge in [0.15, 0.2) is 0 Å². The second-order valence-corrected chi connectivity index (χ2v) is 7.51. The van der Waals surface area contributed by atoms with Crippen LogP contribution in [0.25, 0.3) is 0 Å². The number of nitriles is 1. The Hall–Kier alpha value is -2.10. The van der Waals surface area contributed by atoms with E-state index >= 15 is 0 Å². The van der Waals surface area contributed by atoms with Gasteiger partial charge in [0.2, 0.25) is 5.91 Å². The number of amides is 1. The predicted molar refractivity (Wildman–Crippen MR) is 101 cm³/mol. The second-order valence-electron chi connectivity index (χ2n) is 7.51. The number of likely N-dealkylation sites (tertiary alicyclic amines) is 1. The molecule has 4 rings (SSSR count). The first-order chi connectivity index (χ1) is 12.8. The number of benzene rings is 1. The van der Waals surface area contributed by atoms with Crippen LogP contribution >= 0.6 is 0 Å². The molecule has 1 aromatic rings. The molecule has 6 heteroatoms. The van der Waals surface area contributed by atoms with Gasteiger partial charge in [0, 0.05) is 43.8 Å². The van der Waals surface area contributed by atoms with Crippen LogP contribution in [0.15, 0.2) is 24.3 Å². The van der Waals surface area contributed by atoms with E-state index in [0.717, 1.165) is 52.0 Å². The fraction of sp³-hybridized carbons (Fsp3) is 0.600. The van der Waals surface area contributed by atoms with Crippen molar-refractivity contribution in [2.45, 2.75) is 37.3 Å². The zero-order valence-electron chi connectivity index (χ0n) is 15.2. The van der Waals surface area contributed by atoms with Gasteiger partial charge in [-0.15, -0.1) is 0 Å². The van der Waals surface area contributed by atoms with Crippen molar-refractivity contribution in [3.63, 3.8) is 0 Å². The van der Waals surface area contributed by atoms with Crippen molar-refractivity contribution in [2.75, 3.05) is 44.2 Å². The number of hydrogen-bond acceptors (Lipinski definition) is 5. The maximum absolute atomic E-state index is 12.3. The number of carbonyl (C=O) groups is 1. The third-order valence-corrected chi connectivity index (χ3v) is 5.92. The summed E-state index contributed by atoms with van der Waals surface area (Å²) >= 11 is 0. The maximum Gasteiger partial charge on any atom is 0.238 e. The van der Waals surface area contributed by atoms with Crippen molar-refractivity contribution in [3.05, 3.63) is 29.8 Å². The number of carbonyl (C=O) groups excluding carboxylic acids is 1. The first kappa shape index (κ1) is 17.3. The van der Waals surface area contributed by atoms with E-state index in [4.69, 9.17) is 5.26 Å². The number of piperazine rings is 1. The van der Waals surface area contributed by atoms with Crippen LogP contribution in [-0.4, -0.2) is 62.2 Å². The standard InChI is InChI=1S/C20H27N5O/c21-7-8-23-20(26)18-2-1-11-25(18)19-14-17(19)15-3-5-16(6-4-15)24-12-9-22-10-13-24/h3-6,17-19,22H,1-2,8-14H2,(H,23,26)/t17?,18-,19?/m0/s1. The van der Waals surface area contributed by atoms with Crippen molar-refractivity contribution in [1.82, 2.24) is 15.5 Å². The Kier molecular flexibility index (Phi) is 5.09. The topological polar surface area (TPSA) is 71.4 Å². The Morgan fingerprint density at radius 1 is 1.23 bits per heavy atom. The van der Waals surface area contributed by atoms with Crippen molar-refractivity contribution < 1.29 is 4.79 Å². The molecule has 2 saturated heterocycles. The first-order valence-electron chi connectivity index (χ1n) is 9.74. The van der Waals surface area contributed by atoms with Gasteiger partial charge in [-0.05, 0) is 43.5 Å². The zero-order valence-corrected chi connectivity index (χ0v) is 15.2. The summed E-state index contributed by atoms with van der Waals surface area (Å²) in [7, 11) is 0. The lowest BCUT2D eigenvalue weighted by Gasteiger charge is -2.29. The predicted octanol–water partition coefficient (Wildman–Crippen LogP) is 1.06. The van der Waals surface area contributed by atoms with Gasteiger partial charge < -0.3 is 15.5 Å². The summed E-state index contributed by atoms with van der Waals surface area (Å²) in [5.74, 6) is 0.556. The van der Waals surface area contributed by atoms with Crippen molar-refractivity contribution in [2.24, 2.45) is 0 Å². The third kappa shape index (κ3) is 3.55. The first-order valence-corrected chi connectivity index (χ1v) is 9.74. The van der Waals surface area contributed by atoms with Crippen molar-refractivity contribution in [1.29, 1.82) is 5.26 Å². The van der Waals surface area contributed by atoms with Crippen LogP contribution in [0, 0.1) is 11.3 Å². The van der Waals surface area contributed by atoms with Crippen LogP contribution in [0.4, 0.5) is 5.69 Å². The van der Waals surface area contributed by atoms with E-state index in [-0.39, 0.29) is 18.5 Å². The summed E-state index contributed by atoms with van der Waals surface area (Å²) in [5, 5.41) is 14.8. The number of nitrogens with one attached hydrogen (secondary N) is 2. The Bertz CT molecular complexity index is 676. The molecule has 1 amide bonds. The van der Waals surface area contributed by atoms with Crippen LogP contribution < -0.4 is 15.5 Å². The van der Waals surface area contributed by atoms with Gasteiger partial charge in [-0.1, -0.05) is 12.1 Å². The van der Waals surface area contributed by atoms with Crippen molar-refractivity contribution >= 4 is 11.6 Å². The van der Waals surface area contributed by atoms with E-state index in [1.165, 1.54) is 11.3 Å². The highest BCUT2D eigenvalue weighted by Gasteiger charge is 2.48. The molecule has 2 N–H and O–H groups in total. The molecule has 3 fully saturated rings. The molecule has 0 bridgehead atoms. The Labute approximate surface area is 155 Å². The highest BCUT2D eigenvalue weighted by molar-refractivity contribution is 5.82. The SMILES string of the molecule is N#CCNC(=O)[C@@H]1CCCN1C1CC1c1ccc(N2CCNCC2)cc1. The summed E-state index contributed by atoms with van der Waals surface area (Å²) in [6.45, 7) is 5.33. The molecule has 0 radical (unpaired) electrons. The molecule has 0 aromatic heterocycles. The van der Waals surface area contributed by atoms with Gasteiger partial charge in [0.25, 0.3) is 0 Å². The average Bonchev–Trinajstić information content (AvgIpc) is 3.34. The Balaban J connectivity index is 1.37. The van der Waals surface area contributed by atoms with E-state index < -0.39 is 0 Å². The Morgan fingerprint density at radius 2 is 2.00 bits per heavy atom. The van der Waals surface area contributed by atoms with Crippen LogP contribution in [0.3, 0.4) is 0 Å². The summed E-state index contributed by atoms with van der Waals surface area (Å²) in [6.07, 6.45) is 3.10. The van der Waals surface area contributed by atoms with E-state index in [2.05, 4.69) is 44.7 Å². The van der Waals surface area contributed by atoms with Gasteiger partial charge in [-0.3, -0.25) is 9.69 Å². The minimum Gasteiger partial charge on any atom is -0.369 e. The molecule has 138 valence electrons. The van der Waals surface area contributed by atoms with Gasteiger partial charge >= 0.3 is 0 Å². The van der Waals surface area contributed by atoms with E-state index in [1.54, 1.807) is 0 Å². The van der Waals surface area contributed by atoms with E-state index in [9.17, 15) is 4.79 Å². The molecule has 26 heavy (non-hydrogen) atoms. The second kappa shape index (κ2) is 7.65. The van der Waals surface area contributed by atoms with Gasteiger partial charge in [0.1, 0.15) is 6.54 Å². The fourth-order valence-corrected chi connectivity index (χ4v) is 4.47. The molecule has 0 spiro atoms. The lowest BCUT2D eigenvalue weighted by atomic mass is 10.1. The minimum atomic E-state index is -0.0570. The molecular weight excluding hydrogens is 326 g/mol. The molecule has 1 aromatic carbocycles. The Morgan fingerprint density at radius 3 is 2.73 bits per heavy atom. The normalized spacial score (nSPS) is 28.6.